The first kappa shape index (κ1) is 18.2. The van der Waals surface area contributed by atoms with Gasteiger partial charge < -0.3 is 13.9 Å². The molecular weight excluding hydrogens is 350 g/mol. The van der Waals surface area contributed by atoms with Crippen molar-refractivity contribution in [2.45, 2.75) is 20.5 Å². The molecule has 0 atom stereocenters. The second-order valence-corrected chi connectivity index (χ2v) is 5.88. The highest BCUT2D eigenvalue weighted by Gasteiger charge is 2.13. The van der Waals surface area contributed by atoms with Crippen LogP contribution in [0.1, 0.15) is 18.1 Å². The first-order chi connectivity index (χ1) is 12.9. The molecule has 0 radical (unpaired) electrons. The van der Waals surface area contributed by atoms with Crippen LogP contribution in [-0.2, 0) is 16.1 Å². The number of anilines is 1. The highest BCUT2D eigenvalue weighted by Crippen LogP contribution is 2.26. The minimum atomic E-state index is -0.765. The average Bonchev–Trinajstić information content (AvgIpc) is 2.62. The Labute approximate surface area is 154 Å². The molecule has 1 amide bonds. The molecule has 1 aromatic heterocycles. The molecule has 0 unspecified atom stereocenters. The summed E-state index contributed by atoms with van der Waals surface area (Å²) in [5.41, 5.74) is 0.970. The van der Waals surface area contributed by atoms with Gasteiger partial charge in [-0.15, -0.1) is 0 Å². The molecule has 3 rings (SSSR count). The maximum atomic E-state index is 12.1. The summed E-state index contributed by atoms with van der Waals surface area (Å²) < 4.78 is 15.4. The van der Waals surface area contributed by atoms with Crippen LogP contribution >= 0.6 is 0 Å². The van der Waals surface area contributed by atoms with Crippen molar-refractivity contribution in [1.29, 1.82) is 0 Å². The van der Waals surface area contributed by atoms with E-state index in [1.807, 2.05) is 30.3 Å². The van der Waals surface area contributed by atoms with E-state index in [4.69, 9.17) is 13.9 Å². The van der Waals surface area contributed by atoms with Crippen molar-refractivity contribution >= 4 is 28.7 Å². The number of rotatable bonds is 4. The van der Waals surface area contributed by atoms with Crippen molar-refractivity contribution in [3.8, 4) is 5.75 Å². The fraction of sp³-hybridized carbons (Fsp3) is 0.150. The van der Waals surface area contributed by atoms with E-state index in [0.717, 1.165) is 5.56 Å². The summed E-state index contributed by atoms with van der Waals surface area (Å²) >= 11 is 0. The monoisotopic (exact) mass is 367 g/mol. The Morgan fingerprint density at radius 1 is 1.11 bits per heavy atom. The second kappa shape index (κ2) is 7.74. The number of aryl methyl sites for hydroxylation is 1. The molecule has 0 spiro atoms. The molecule has 0 fully saturated rings. The van der Waals surface area contributed by atoms with Gasteiger partial charge in [0, 0.05) is 18.4 Å². The smallest absolute Gasteiger partial charge is 0.412 e. The Hall–Kier alpha value is -3.61. The van der Waals surface area contributed by atoms with E-state index >= 15 is 0 Å². The number of nitrogens with one attached hydrogen (secondary N) is 1. The van der Waals surface area contributed by atoms with Crippen LogP contribution in [0, 0.1) is 6.92 Å². The topological polar surface area (TPSA) is 94.8 Å². The molecule has 0 aliphatic carbocycles. The standard InChI is InChI=1S/C20H17NO6/c1-12-8-15-9-16(19(23)27-18(15)10-17(12)26-13(2)22)21-20(24)25-11-14-6-4-3-5-7-14/h3-10H,11H2,1-2H3,(H,21,24). The molecular formula is C20H17NO6. The molecule has 1 N–H and O–H groups in total. The maximum Gasteiger partial charge on any atom is 0.412 e. The number of hydrogen-bond acceptors (Lipinski definition) is 6. The van der Waals surface area contributed by atoms with Gasteiger partial charge in [-0.1, -0.05) is 30.3 Å². The van der Waals surface area contributed by atoms with Crippen LogP contribution < -0.4 is 15.7 Å². The molecule has 0 aliphatic rings. The second-order valence-electron chi connectivity index (χ2n) is 5.88. The third-order valence-corrected chi connectivity index (χ3v) is 3.73. The van der Waals surface area contributed by atoms with Crippen molar-refractivity contribution in [3.05, 3.63) is 70.1 Å². The van der Waals surface area contributed by atoms with Crippen molar-refractivity contribution in [2.24, 2.45) is 0 Å². The third kappa shape index (κ3) is 4.52. The van der Waals surface area contributed by atoms with Gasteiger partial charge in [0.25, 0.3) is 0 Å². The van der Waals surface area contributed by atoms with E-state index in [-0.39, 0.29) is 17.9 Å². The molecule has 0 saturated heterocycles. The number of carbonyl (C=O) groups is 2. The van der Waals surface area contributed by atoms with Crippen molar-refractivity contribution < 1.29 is 23.5 Å². The zero-order valence-electron chi connectivity index (χ0n) is 14.8. The van der Waals surface area contributed by atoms with E-state index in [1.54, 1.807) is 13.0 Å². The fourth-order valence-electron chi connectivity index (χ4n) is 2.48. The minimum Gasteiger partial charge on any atom is -0.444 e. The summed E-state index contributed by atoms with van der Waals surface area (Å²) in [7, 11) is 0. The lowest BCUT2D eigenvalue weighted by Crippen LogP contribution is -2.18. The van der Waals surface area contributed by atoms with E-state index in [0.29, 0.717) is 16.7 Å². The molecule has 0 aliphatic heterocycles. The molecule has 3 aromatic rings. The lowest BCUT2D eigenvalue weighted by atomic mass is 10.1. The van der Waals surface area contributed by atoms with Gasteiger partial charge in [-0.3, -0.25) is 10.1 Å². The average molecular weight is 367 g/mol. The van der Waals surface area contributed by atoms with Gasteiger partial charge in [-0.05, 0) is 30.2 Å². The lowest BCUT2D eigenvalue weighted by Gasteiger charge is -2.09. The Morgan fingerprint density at radius 2 is 1.85 bits per heavy atom. The van der Waals surface area contributed by atoms with Gasteiger partial charge in [0.1, 0.15) is 23.6 Å². The molecule has 0 bridgehead atoms. The maximum absolute atomic E-state index is 12.1. The Morgan fingerprint density at radius 3 is 2.56 bits per heavy atom. The molecule has 7 heteroatoms. The van der Waals surface area contributed by atoms with Crippen LogP contribution in [0.5, 0.6) is 5.75 Å². The molecule has 2 aromatic carbocycles. The first-order valence-corrected chi connectivity index (χ1v) is 8.17. The van der Waals surface area contributed by atoms with E-state index in [9.17, 15) is 14.4 Å². The third-order valence-electron chi connectivity index (χ3n) is 3.73. The quantitative estimate of drug-likeness (QED) is 0.428. The number of benzene rings is 2. The minimum absolute atomic E-state index is 0.0415. The molecule has 27 heavy (non-hydrogen) atoms. The predicted octanol–water partition coefficient (Wildman–Crippen LogP) is 3.78. The number of esters is 1. The van der Waals surface area contributed by atoms with Crippen LogP contribution in [0.15, 0.2) is 57.7 Å². The molecule has 7 nitrogen and oxygen atoms in total. The SMILES string of the molecule is CC(=O)Oc1cc2oc(=O)c(NC(=O)OCc3ccccc3)cc2cc1C. The van der Waals surface area contributed by atoms with Crippen molar-refractivity contribution in [2.75, 3.05) is 5.32 Å². The van der Waals surface area contributed by atoms with Crippen molar-refractivity contribution in [1.82, 2.24) is 0 Å². The zero-order chi connectivity index (χ0) is 19.4. The van der Waals surface area contributed by atoms with Crippen LogP contribution in [0.3, 0.4) is 0 Å². The zero-order valence-corrected chi connectivity index (χ0v) is 14.8. The van der Waals surface area contributed by atoms with Crippen LogP contribution in [0.25, 0.3) is 11.0 Å². The summed E-state index contributed by atoms with van der Waals surface area (Å²) in [4.78, 5) is 35.2. The summed E-state index contributed by atoms with van der Waals surface area (Å²) in [6, 6.07) is 13.8. The van der Waals surface area contributed by atoms with Gasteiger partial charge >= 0.3 is 17.7 Å². The van der Waals surface area contributed by atoms with Gasteiger partial charge in [0.2, 0.25) is 0 Å². The number of hydrogen-bond donors (Lipinski definition) is 1. The van der Waals surface area contributed by atoms with Gasteiger partial charge in [0.15, 0.2) is 0 Å². The van der Waals surface area contributed by atoms with Crippen LogP contribution in [0.4, 0.5) is 10.5 Å². The van der Waals surface area contributed by atoms with Gasteiger partial charge in [0.05, 0.1) is 0 Å². The van der Waals surface area contributed by atoms with Crippen molar-refractivity contribution in [3.63, 3.8) is 0 Å². The normalized spacial score (nSPS) is 10.4. The number of ether oxygens (including phenoxy) is 2. The van der Waals surface area contributed by atoms with E-state index in [2.05, 4.69) is 5.32 Å². The van der Waals surface area contributed by atoms with Crippen LogP contribution in [0.2, 0.25) is 0 Å². The van der Waals surface area contributed by atoms with Gasteiger partial charge in [-0.2, -0.15) is 0 Å². The summed E-state index contributed by atoms with van der Waals surface area (Å²) in [5, 5.41) is 2.96. The highest BCUT2D eigenvalue weighted by molar-refractivity contribution is 5.89. The number of fused-ring (bicyclic) bond motifs is 1. The summed E-state index contributed by atoms with van der Waals surface area (Å²) in [5.74, 6) is -0.166. The van der Waals surface area contributed by atoms with Gasteiger partial charge in [-0.25, -0.2) is 9.59 Å². The van der Waals surface area contributed by atoms with E-state index in [1.165, 1.54) is 19.1 Å². The fourth-order valence-corrected chi connectivity index (χ4v) is 2.48. The largest absolute Gasteiger partial charge is 0.444 e. The first-order valence-electron chi connectivity index (χ1n) is 8.17. The predicted molar refractivity (Wildman–Crippen MR) is 98.8 cm³/mol. The Kier molecular flexibility index (Phi) is 5.21. The number of amides is 1. The molecule has 138 valence electrons. The van der Waals surface area contributed by atoms with Crippen LogP contribution in [-0.4, -0.2) is 12.1 Å². The molecule has 1 heterocycles. The summed E-state index contributed by atoms with van der Waals surface area (Å²) in [6.45, 7) is 3.12. The number of carbonyl (C=O) groups excluding carboxylic acids is 2. The Balaban J connectivity index is 1.78. The highest BCUT2D eigenvalue weighted by atomic mass is 16.5. The molecule has 0 saturated carbocycles. The summed E-state index contributed by atoms with van der Waals surface area (Å²) in [6.07, 6.45) is -0.765. The van der Waals surface area contributed by atoms with E-state index < -0.39 is 17.7 Å². The lowest BCUT2D eigenvalue weighted by molar-refractivity contribution is -0.131. The Bertz CT molecular complexity index is 1060.